The lowest BCUT2D eigenvalue weighted by atomic mass is 9.99. The number of carbonyl (C=O) groups excluding carboxylic acids is 2. The molecule has 3 rings (SSSR count). The predicted octanol–water partition coefficient (Wildman–Crippen LogP) is 3.41. The number of hydrogen-bond acceptors (Lipinski definition) is 3. The fraction of sp³-hybridized carbons (Fsp3) is 0.619. The summed E-state index contributed by atoms with van der Waals surface area (Å²) >= 11 is 0. The zero-order valence-corrected chi connectivity index (χ0v) is 16.0. The second-order valence-electron chi connectivity index (χ2n) is 7.80. The molecule has 1 aliphatic heterocycles. The highest BCUT2D eigenvalue weighted by Gasteiger charge is 2.47. The van der Waals surface area contributed by atoms with E-state index in [0.29, 0.717) is 13.0 Å². The second kappa shape index (κ2) is 8.56. The van der Waals surface area contributed by atoms with E-state index in [1.165, 1.54) is 18.5 Å². The molecule has 0 aromatic heterocycles. The largest absolute Gasteiger partial charge is 0.372 e. The minimum atomic E-state index is -0.181. The molecule has 2 unspecified atom stereocenters. The molecule has 26 heavy (non-hydrogen) atoms. The smallest absolute Gasteiger partial charge is 0.228 e. The van der Waals surface area contributed by atoms with Crippen molar-refractivity contribution < 1.29 is 9.59 Å². The Hall–Kier alpha value is -2.04. The molecule has 2 amide bonds. The van der Waals surface area contributed by atoms with E-state index in [9.17, 15) is 9.59 Å². The lowest BCUT2D eigenvalue weighted by molar-refractivity contribution is -0.125. The molecule has 2 fully saturated rings. The van der Waals surface area contributed by atoms with Crippen LogP contribution in [0.1, 0.15) is 46.0 Å². The number of nitrogens with one attached hydrogen (secondary N) is 2. The van der Waals surface area contributed by atoms with Crippen molar-refractivity contribution in [1.29, 1.82) is 0 Å². The van der Waals surface area contributed by atoms with Gasteiger partial charge < -0.3 is 15.5 Å². The number of nitrogens with zero attached hydrogens (tertiary/aromatic N) is 1. The number of unbranched alkanes of at least 4 members (excludes halogenated alkanes) is 1. The lowest BCUT2D eigenvalue weighted by Gasteiger charge is -2.32. The number of rotatable bonds is 7. The maximum atomic E-state index is 12.3. The SMILES string of the molecule is CCCCNC(=O)C1CC1C(=O)Nc1ccc(N2CCC(C)CC2)cc1. The first-order valence-corrected chi connectivity index (χ1v) is 10.0. The molecule has 2 aliphatic rings. The van der Waals surface area contributed by atoms with Gasteiger partial charge in [-0.2, -0.15) is 0 Å². The van der Waals surface area contributed by atoms with Crippen LogP contribution in [-0.4, -0.2) is 31.4 Å². The fourth-order valence-corrected chi connectivity index (χ4v) is 3.55. The van der Waals surface area contributed by atoms with Crippen LogP contribution < -0.4 is 15.5 Å². The molecule has 1 heterocycles. The summed E-state index contributed by atoms with van der Waals surface area (Å²) in [6.07, 6.45) is 5.18. The van der Waals surface area contributed by atoms with Gasteiger partial charge in [0.25, 0.3) is 0 Å². The molecule has 1 aliphatic carbocycles. The second-order valence-corrected chi connectivity index (χ2v) is 7.80. The number of anilines is 2. The molecule has 142 valence electrons. The molecule has 0 bridgehead atoms. The highest BCUT2D eigenvalue weighted by molar-refractivity contribution is 5.99. The molecule has 1 saturated carbocycles. The molecule has 0 spiro atoms. The highest BCUT2D eigenvalue weighted by atomic mass is 16.2. The van der Waals surface area contributed by atoms with Crippen molar-refractivity contribution in [1.82, 2.24) is 5.32 Å². The van der Waals surface area contributed by atoms with Gasteiger partial charge in [0.2, 0.25) is 11.8 Å². The Morgan fingerprint density at radius 3 is 2.38 bits per heavy atom. The van der Waals surface area contributed by atoms with Crippen molar-refractivity contribution in [3.8, 4) is 0 Å². The molecular weight excluding hydrogens is 326 g/mol. The zero-order chi connectivity index (χ0) is 18.5. The molecule has 0 radical (unpaired) electrons. The summed E-state index contributed by atoms with van der Waals surface area (Å²) in [6, 6.07) is 8.08. The Morgan fingerprint density at radius 2 is 1.73 bits per heavy atom. The Balaban J connectivity index is 1.46. The van der Waals surface area contributed by atoms with E-state index in [1.54, 1.807) is 0 Å². The molecular formula is C21H31N3O2. The summed E-state index contributed by atoms with van der Waals surface area (Å²) in [7, 11) is 0. The summed E-state index contributed by atoms with van der Waals surface area (Å²) in [5.74, 6) is 0.463. The standard InChI is InChI=1S/C21H31N3O2/c1-3-4-11-22-20(25)18-14-19(18)21(26)23-16-5-7-17(8-6-16)24-12-9-15(2)10-13-24/h5-8,15,18-19H,3-4,9-14H2,1-2H3,(H,22,25)(H,23,26). The topological polar surface area (TPSA) is 61.4 Å². The summed E-state index contributed by atoms with van der Waals surface area (Å²) in [5, 5.41) is 5.87. The number of amides is 2. The maximum Gasteiger partial charge on any atom is 0.228 e. The Morgan fingerprint density at radius 1 is 1.08 bits per heavy atom. The van der Waals surface area contributed by atoms with Crippen molar-refractivity contribution in [2.45, 2.75) is 46.0 Å². The molecule has 1 saturated heterocycles. The average Bonchev–Trinajstić information content (AvgIpc) is 3.44. The average molecular weight is 357 g/mol. The Bertz CT molecular complexity index is 621. The first-order chi connectivity index (χ1) is 12.6. The molecule has 2 N–H and O–H groups in total. The third-order valence-electron chi connectivity index (χ3n) is 5.58. The van der Waals surface area contributed by atoms with Gasteiger partial charge in [-0.25, -0.2) is 0 Å². The number of hydrogen-bond donors (Lipinski definition) is 2. The Kier molecular flexibility index (Phi) is 6.17. The van der Waals surface area contributed by atoms with E-state index < -0.39 is 0 Å². The van der Waals surface area contributed by atoms with Crippen molar-refractivity contribution in [2.75, 3.05) is 29.9 Å². The molecule has 1 aromatic rings. The van der Waals surface area contributed by atoms with E-state index in [2.05, 4.69) is 41.5 Å². The van der Waals surface area contributed by atoms with Crippen molar-refractivity contribution in [2.24, 2.45) is 17.8 Å². The van der Waals surface area contributed by atoms with Crippen LogP contribution in [-0.2, 0) is 9.59 Å². The van der Waals surface area contributed by atoms with Crippen LogP contribution in [0.25, 0.3) is 0 Å². The summed E-state index contributed by atoms with van der Waals surface area (Å²) < 4.78 is 0. The third-order valence-corrected chi connectivity index (χ3v) is 5.58. The van der Waals surface area contributed by atoms with E-state index >= 15 is 0 Å². The van der Waals surface area contributed by atoms with Crippen LogP contribution in [0.3, 0.4) is 0 Å². The van der Waals surface area contributed by atoms with Crippen molar-refractivity contribution in [3.63, 3.8) is 0 Å². The highest BCUT2D eigenvalue weighted by Crippen LogP contribution is 2.39. The van der Waals surface area contributed by atoms with Crippen LogP contribution in [0.5, 0.6) is 0 Å². The van der Waals surface area contributed by atoms with Gasteiger partial charge in [-0.1, -0.05) is 20.3 Å². The Labute approximate surface area is 156 Å². The molecule has 1 aromatic carbocycles. The van der Waals surface area contributed by atoms with E-state index in [0.717, 1.165) is 37.5 Å². The van der Waals surface area contributed by atoms with Gasteiger partial charge in [0.15, 0.2) is 0 Å². The van der Waals surface area contributed by atoms with Gasteiger partial charge in [-0.3, -0.25) is 9.59 Å². The normalized spacial score (nSPS) is 22.8. The zero-order valence-electron chi connectivity index (χ0n) is 16.0. The predicted molar refractivity (Wildman–Crippen MR) is 105 cm³/mol. The maximum absolute atomic E-state index is 12.3. The van der Waals surface area contributed by atoms with E-state index in [-0.39, 0.29) is 23.7 Å². The van der Waals surface area contributed by atoms with Gasteiger partial charge in [0.05, 0.1) is 11.8 Å². The summed E-state index contributed by atoms with van der Waals surface area (Å²) in [5.41, 5.74) is 2.02. The van der Waals surface area contributed by atoms with Crippen molar-refractivity contribution in [3.05, 3.63) is 24.3 Å². The van der Waals surface area contributed by atoms with Crippen LogP contribution >= 0.6 is 0 Å². The van der Waals surface area contributed by atoms with Gasteiger partial charge >= 0.3 is 0 Å². The minimum absolute atomic E-state index is 0.0216. The summed E-state index contributed by atoms with van der Waals surface area (Å²) in [4.78, 5) is 26.7. The van der Waals surface area contributed by atoms with Crippen LogP contribution in [0.4, 0.5) is 11.4 Å². The quantitative estimate of drug-likeness (QED) is 0.735. The first-order valence-electron chi connectivity index (χ1n) is 10.0. The monoisotopic (exact) mass is 357 g/mol. The van der Waals surface area contributed by atoms with Gasteiger partial charge in [0.1, 0.15) is 0 Å². The minimum Gasteiger partial charge on any atom is -0.372 e. The molecule has 5 nitrogen and oxygen atoms in total. The first kappa shape index (κ1) is 18.7. The van der Waals surface area contributed by atoms with Gasteiger partial charge in [0, 0.05) is 31.0 Å². The van der Waals surface area contributed by atoms with E-state index in [1.807, 2.05) is 12.1 Å². The van der Waals surface area contributed by atoms with Crippen LogP contribution in [0.2, 0.25) is 0 Å². The third kappa shape index (κ3) is 4.77. The fourth-order valence-electron chi connectivity index (χ4n) is 3.55. The number of benzene rings is 1. The van der Waals surface area contributed by atoms with E-state index in [4.69, 9.17) is 0 Å². The summed E-state index contributed by atoms with van der Waals surface area (Å²) in [6.45, 7) is 7.31. The lowest BCUT2D eigenvalue weighted by Crippen LogP contribution is -2.32. The van der Waals surface area contributed by atoms with Gasteiger partial charge in [-0.05, 0) is 55.9 Å². The molecule has 2 atom stereocenters. The van der Waals surface area contributed by atoms with Crippen LogP contribution in [0, 0.1) is 17.8 Å². The van der Waals surface area contributed by atoms with Gasteiger partial charge in [-0.15, -0.1) is 0 Å². The van der Waals surface area contributed by atoms with Crippen LogP contribution in [0.15, 0.2) is 24.3 Å². The number of piperidine rings is 1. The number of carbonyl (C=O) groups is 2. The molecule has 5 heteroatoms. The van der Waals surface area contributed by atoms with Crippen molar-refractivity contribution >= 4 is 23.2 Å².